The number of nitrogens with zero attached hydrogens (tertiary/aromatic N) is 1. The number of rotatable bonds is 5. The molecule has 110 valence electrons. The zero-order valence-electron chi connectivity index (χ0n) is 12.1. The summed E-state index contributed by atoms with van der Waals surface area (Å²) in [5.74, 6) is 0.0144. The van der Waals surface area contributed by atoms with Crippen molar-refractivity contribution >= 4 is 28.9 Å². The maximum Gasteiger partial charge on any atom is 0.225 e. The maximum absolute atomic E-state index is 12.2. The predicted octanol–water partition coefficient (Wildman–Crippen LogP) is 2.86. The molecule has 1 saturated carbocycles. The molecule has 0 saturated heterocycles. The SMILES string of the molecule is CN(C)c1ccc(Cl)cc1NC(=O)CC1(CN)CCC1. The Morgan fingerprint density at radius 1 is 1.45 bits per heavy atom. The van der Waals surface area contributed by atoms with Gasteiger partial charge in [0.1, 0.15) is 0 Å². The minimum absolute atomic E-state index is 0.0144. The molecule has 20 heavy (non-hydrogen) atoms. The van der Waals surface area contributed by atoms with Crippen molar-refractivity contribution in [2.45, 2.75) is 25.7 Å². The molecule has 0 aromatic heterocycles. The smallest absolute Gasteiger partial charge is 0.225 e. The number of halogens is 1. The molecule has 0 bridgehead atoms. The summed E-state index contributed by atoms with van der Waals surface area (Å²) in [6.07, 6.45) is 3.76. The lowest BCUT2D eigenvalue weighted by Gasteiger charge is -2.40. The number of hydrogen-bond acceptors (Lipinski definition) is 3. The van der Waals surface area contributed by atoms with Crippen molar-refractivity contribution in [1.29, 1.82) is 0 Å². The van der Waals surface area contributed by atoms with Crippen LogP contribution in [0.15, 0.2) is 18.2 Å². The number of amides is 1. The van der Waals surface area contributed by atoms with E-state index in [0.717, 1.165) is 24.2 Å². The molecule has 0 spiro atoms. The third-order valence-electron chi connectivity index (χ3n) is 4.10. The van der Waals surface area contributed by atoms with Crippen LogP contribution in [-0.2, 0) is 4.79 Å². The van der Waals surface area contributed by atoms with Gasteiger partial charge >= 0.3 is 0 Å². The Labute approximate surface area is 125 Å². The maximum atomic E-state index is 12.2. The van der Waals surface area contributed by atoms with E-state index < -0.39 is 0 Å². The lowest BCUT2D eigenvalue weighted by molar-refractivity contribution is -0.119. The highest BCUT2D eigenvalue weighted by molar-refractivity contribution is 6.31. The minimum atomic E-state index is 0.0144. The van der Waals surface area contributed by atoms with Crippen LogP contribution in [0.2, 0.25) is 5.02 Å². The highest BCUT2D eigenvalue weighted by atomic mass is 35.5. The van der Waals surface area contributed by atoms with Gasteiger partial charge in [0, 0.05) is 25.5 Å². The first-order valence-corrected chi connectivity index (χ1v) is 7.30. The Bertz CT molecular complexity index is 492. The summed E-state index contributed by atoms with van der Waals surface area (Å²) in [6, 6.07) is 5.50. The molecule has 5 heteroatoms. The van der Waals surface area contributed by atoms with Gasteiger partial charge < -0.3 is 16.0 Å². The second-order valence-electron chi connectivity index (χ2n) is 5.84. The van der Waals surface area contributed by atoms with E-state index in [1.54, 1.807) is 6.07 Å². The molecule has 1 aliphatic rings. The summed E-state index contributed by atoms with van der Waals surface area (Å²) in [7, 11) is 3.87. The molecule has 1 amide bonds. The summed E-state index contributed by atoms with van der Waals surface area (Å²) in [5, 5.41) is 3.58. The van der Waals surface area contributed by atoms with E-state index in [1.807, 2.05) is 31.1 Å². The van der Waals surface area contributed by atoms with Crippen molar-refractivity contribution in [2.24, 2.45) is 11.1 Å². The van der Waals surface area contributed by atoms with Gasteiger partial charge in [0.15, 0.2) is 0 Å². The molecule has 0 atom stereocenters. The number of anilines is 2. The van der Waals surface area contributed by atoms with Crippen molar-refractivity contribution in [3.63, 3.8) is 0 Å². The molecule has 0 radical (unpaired) electrons. The molecule has 3 N–H and O–H groups in total. The average molecular weight is 296 g/mol. The van der Waals surface area contributed by atoms with Gasteiger partial charge in [-0.2, -0.15) is 0 Å². The quantitative estimate of drug-likeness (QED) is 0.878. The van der Waals surface area contributed by atoms with Gasteiger partial charge in [0.25, 0.3) is 0 Å². The Kier molecular flexibility index (Phi) is 4.55. The Balaban J connectivity index is 2.09. The highest BCUT2D eigenvalue weighted by Crippen LogP contribution is 2.43. The van der Waals surface area contributed by atoms with E-state index in [4.69, 9.17) is 17.3 Å². The highest BCUT2D eigenvalue weighted by Gasteiger charge is 2.37. The van der Waals surface area contributed by atoms with Crippen LogP contribution in [0.25, 0.3) is 0 Å². The Hall–Kier alpha value is -1.26. The number of nitrogens with one attached hydrogen (secondary N) is 1. The summed E-state index contributed by atoms with van der Waals surface area (Å²) < 4.78 is 0. The molecule has 4 nitrogen and oxygen atoms in total. The zero-order chi connectivity index (χ0) is 14.8. The molecule has 2 rings (SSSR count). The first-order valence-electron chi connectivity index (χ1n) is 6.93. The zero-order valence-corrected chi connectivity index (χ0v) is 12.8. The third kappa shape index (κ3) is 3.25. The Morgan fingerprint density at radius 3 is 2.65 bits per heavy atom. The van der Waals surface area contributed by atoms with Gasteiger partial charge in [0.2, 0.25) is 5.91 Å². The van der Waals surface area contributed by atoms with Gasteiger partial charge in [-0.25, -0.2) is 0 Å². The van der Waals surface area contributed by atoms with Crippen LogP contribution in [0.3, 0.4) is 0 Å². The molecule has 1 aliphatic carbocycles. The van der Waals surface area contributed by atoms with E-state index in [-0.39, 0.29) is 11.3 Å². The fourth-order valence-electron chi connectivity index (χ4n) is 2.66. The van der Waals surface area contributed by atoms with E-state index in [9.17, 15) is 4.79 Å². The van der Waals surface area contributed by atoms with Crippen LogP contribution in [0.4, 0.5) is 11.4 Å². The van der Waals surface area contributed by atoms with Gasteiger partial charge in [-0.1, -0.05) is 18.0 Å². The number of carbonyl (C=O) groups excluding carboxylic acids is 1. The van der Waals surface area contributed by atoms with Crippen LogP contribution in [0, 0.1) is 5.41 Å². The third-order valence-corrected chi connectivity index (χ3v) is 4.33. The predicted molar refractivity (Wildman–Crippen MR) is 84.4 cm³/mol. The fourth-order valence-corrected chi connectivity index (χ4v) is 2.84. The molecule has 0 aliphatic heterocycles. The summed E-state index contributed by atoms with van der Waals surface area (Å²) in [4.78, 5) is 14.2. The Morgan fingerprint density at radius 2 is 2.15 bits per heavy atom. The lowest BCUT2D eigenvalue weighted by atomic mass is 9.66. The molecular weight excluding hydrogens is 274 g/mol. The van der Waals surface area contributed by atoms with Crippen LogP contribution in [-0.4, -0.2) is 26.5 Å². The molecule has 1 fully saturated rings. The number of hydrogen-bond donors (Lipinski definition) is 2. The van der Waals surface area contributed by atoms with Crippen LogP contribution in [0.5, 0.6) is 0 Å². The van der Waals surface area contributed by atoms with Crippen molar-refractivity contribution in [1.82, 2.24) is 0 Å². The first-order chi connectivity index (χ1) is 9.46. The van der Waals surface area contributed by atoms with E-state index in [2.05, 4.69) is 5.32 Å². The van der Waals surface area contributed by atoms with Crippen molar-refractivity contribution < 1.29 is 4.79 Å². The number of nitrogens with two attached hydrogens (primary N) is 1. The van der Waals surface area contributed by atoms with Crippen molar-refractivity contribution in [2.75, 3.05) is 30.9 Å². The van der Waals surface area contributed by atoms with E-state index in [1.165, 1.54) is 6.42 Å². The summed E-state index contributed by atoms with van der Waals surface area (Å²) in [5.41, 5.74) is 7.51. The standard InChI is InChI=1S/C15H22ClN3O/c1-19(2)13-5-4-11(16)8-12(13)18-14(20)9-15(10-17)6-3-7-15/h4-5,8H,3,6-7,9-10,17H2,1-2H3,(H,18,20). The monoisotopic (exact) mass is 295 g/mol. The first kappa shape index (κ1) is 15.1. The lowest BCUT2D eigenvalue weighted by Crippen LogP contribution is -2.40. The topological polar surface area (TPSA) is 58.4 Å². The van der Waals surface area contributed by atoms with Gasteiger partial charge in [0.05, 0.1) is 11.4 Å². The van der Waals surface area contributed by atoms with Crippen LogP contribution < -0.4 is 16.0 Å². The number of carbonyl (C=O) groups is 1. The van der Waals surface area contributed by atoms with Crippen LogP contribution >= 0.6 is 11.6 Å². The molecule has 0 heterocycles. The summed E-state index contributed by atoms with van der Waals surface area (Å²) >= 11 is 6.01. The summed E-state index contributed by atoms with van der Waals surface area (Å²) in [6.45, 7) is 0.580. The largest absolute Gasteiger partial charge is 0.376 e. The average Bonchev–Trinajstić information content (AvgIpc) is 2.33. The molecular formula is C15H22ClN3O. The van der Waals surface area contributed by atoms with Crippen molar-refractivity contribution in [3.8, 4) is 0 Å². The van der Waals surface area contributed by atoms with Crippen LogP contribution in [0.1, 0.15) is 25.7 Å². The van der Waals surface area contributed by atoms with Gasteiger partial charge in [-0.15, -0.1) is 0 Å². The fraction of sp³-hybridized carbons (Fsp3) is 0.533. The second kappa shape index (κ2) is 6.02. The molecule has 0 unspecified atom stereocenters. The number of benzene rings is 1. The van der Waals surface area contributed by atoms with E-state index in [0.29, 0.717) is 18.0 Å². The van der Waals surface area contributed by atoms with E-state index >= 15 is 0 Å². The molecule has 1 aromatic carbocycles. The van der Waals surface area contributed by atoms with Crippen molar-refractivity contribution in [3.05, 3.63) is 23.2 Å². The minimum Gasteiger partial charge on any atom is -0.376 e. The normalized spacial score (nSPS) is 16.4. The van der Waals surface area contributed by atoms with Gasteiger partial charge in [-0.05, 0) is 43.0 Å². The second-order valence-corrected chi connectivity index (χ2v) is 6.27. The van der Waals surface area contributed by atoms with Gasteiger partial charge in [-0.3, -0.25) is 4.79 Å². The molecule has 1 aromatic rings.